The maximum Gasteiger partial charge on any atom is 0.123 e. The zero-order valence-corrected chi connectivity index (χ0v) is 12.8. The van der Waals surface area contributed by atoms with Crippen LogP contribution in [0.15, 0.2) is 18.2 Å². The van der Waals surface area contributed by atoms with Crippen LogP contribution in [0.2, 0.25) is 0 Å². The fourth-order valence-electron chi connectivity index (χ4n) is 2.81. The molecule has 1 aromatic carbocycles. The van der Waals surface area contributed by atoms with E-state index in [0.717, 1.165) is 31.7 Å². The van der Waals surface area contributed by atoms with Crippen molar-refractivity contribution in [3.63, 3.8) is 0 Å². The van der Waals surface area contributed by atoms with Crippen LogP contribution in [-0.4, -0.2) is 19.6 Å². The van der Waals surface area contributed by atoms with Gasteiger partial charge >= 0.3 is 0 Å². The SMILES string of the molecule is CC(C)CNCc1cc(F)ccc1N1CCCCCC1. The van der Waals surface area contributed by atoms with E-state index in [1.807, 2.05) is 6.07 Å². The number of hydrogen-bond acceptors (Lipinski definition) is 2. The predicted molar refractivity (Wildman–Crippen MR) is 83.6 cm³/mol. The van der Waals surface area contributed by atoms with Gasteiger partial charge in [0.25, 0.3) is 0 Å². The molecule has 0 amide bonds. The van der Waals surface area contributed by atoms with Crippen molar-refractivity contribution in [3.05, 3.63) is 29.6 Å². The van der Waals surface area contributed by atoms with Gasteiger partial charge in [0.2, 0.25) is 0 Å². The van der Waals surface area contributed by atoms with Crippen LogP contribution in [0.1, 0.15) is 45.1 Å². The van der Waals surface area contributed by atoms with Crippen molar-refractivity contribution in [1.29, 1.82) is 0 Å². The minimum absolute atomic E-state index is 0.134. The Balaban J connectivity index is 2.09. The van der Waals surface area contributed by atoms with Gasteiger partial charge in [0.15, 0.2) is 0 Å². The van der Waals surface area contributed by atoms with Gasteiger partial charge in [-0.3, -0.25) is 0 Å². The largest absolute Gasteiger partial charge is 0.371 e. The molecule has 0 bridgehead atoms. The summed E-state index contributed by atoms with van der Waals surface area (Å²) in [5.74, 6) is 0.482. The second-order valence-corrected chi connectivity index (χ2v) is 6.20. The molecule has 0 atom stereocenters. The lowest BCUT2D eigenvalue weighted by atomic mass is 10.1. The van der Waals surface area contributed by atoms with E-state index < -0.39 is 0 Å². The summed E-state index contributed by atoms with van der Waals surface area (Å²) in [4.78, 5) is 2.43. The van der Waals surface area contributed by atoms with E-state index in [4.69, 9.17) is 0 Å². The van der Waals surface area contributed by atoms with Crippen LogP contribution in [0, 0.1) is 11.7 Å². The Kier molecular flexibility index (Phi) is 5.84. The van der Waals surface area contributed by atoms with E-state index in [2.05, 4.69) is 24.1 Å². The molecular weight excluding hydrogens is 251 g/mol. The van der Waals surface area contributed by atoms with Crippen LogP contribution in [-0.2, 0) is 6.54 Å². The van der Waals surface area contributed by atoms with E-state index in [1.54, 1.807) is 12.1 Å². The molecule has 1 fully saturated rings. The molecule has 2 rings (SSSR count). The third-order valence-electron chi connectivity index (χ3n) is 3.86. The van der Waals surface area contributed by atoms with Crippen molar-refractivity contribution in [1.82, 2.24) is 5.32 Å². The van der Waals surface area contributed by atoms with Gasteiger partial charge in [0, 0.05) is 25.3 Å². The highest BCUT2D eigenvalue weighted by atomic mass is 19.1. The lowest BCUT2D eigenvalue weighted by molar-refractivity contribution is 0.549. The van der Waals surface area contributed by atoms with Crippen molar-refractivity contribution >= 4 is 5.69 Å². The second-order valence-electron chi connectivity index (χ2n) is 6.20. The summed E-state index contributed by atoms with van der Waals surface area (Å²) in [5.41, 5.74) is 2.30. The van der Waals surface area contributed by atoms with Gasteiger partial charge < -0.3 is 10.2 Å². The maximum absolute atomic E-state index is 13.5. The molecule has 1 aliphatic heterocycles. The van der Waals surface area contributed by atoms with Gasteiger partial charge in [-0.15, -0.1) is 0 Å². The third kappa shape index (κ3) is 4.48. The summed E-state index contributed by atoms with van der Waals surface area (Å²) in [6, 6.07) is 5.23. The number of anilines is 1. The van der Waals surface area contributed by atoms with Gasteiger partial charge in [-0.2, -0.15) is 0 Å². The number of hydrogen-bond donors (Lipinski definition) is 1. The molecule has 3 heteroatoms. The van der Waals surface area contributed by atoms with Crippen LogP contribution in [0.5, 0.6) is 0 Å². The van der Waals surface area contributed by atoms with Gasteiger partial charge in [0.05, 0.1) is 0 Å². The van der Waals surface area contributed by atoms with Crippen molar-refractivity contribution in [2.24, 2.45) is 5.92 Å². The molecule has 20 heavy (non-hydrogen) atoms. The number of rotatable bonds is 5. The molecule has 1 aliphatic rings. The van der Waals surface area contributed by atoms with Crippen molar-refractivity contribution in [2.75, 3.05) is 24.5 Å². The maximum atomic E-state index is 13.5. The molecule has 1 saturated heterocycles. The van der Waals surface area contributed by atoms with Gasteiger partial charge in [-0.1, -0.05) is 26.7 Å². The topological polar surface area (TPSA) is 15.3 Å². The molecule has 0 radical (unpaired) electrons. The highest BCUT2D eigenvalue weighted by Crippen LogP contribution is 2.24. The summed E-state index contributed by atoms with van der Waals surface area (Å²) in [6.07, 6.45) is 5.13. The molecule has 0 unspecified atom stereocenters. The fourth-order valence-corrected chi connectivity index (χ4v) is 2.81. The predicted octanol–water partition coefficient (Wildman–Crippen LogP) is 3.95. The first-order chi connectivity index (χ1) is 9.66. The van der Waals surface area contributed by atoms with Crippen LogP contribution in [0.25, 0.3) is 0 Å². The highest BCUT2D eigenvalue weighted by Gasteiger charge is 2.14. The summed E-state index contributed by atoms with van der Waals surface area (Å²) in [6.45, 7) is 8.30. The standard InChI is InChI=1S/C17H27FN2/c1-14(2)12-19-13-15-11-16(18)7-8-17(15)20-9-5-3-4-6-10-20/h7-8,11,14,19H,3-6,9-10,12-13H2,1-2H3. The smallest absolute Gasteiger partial charge is 0.123 e. The Hall–Kier alpha value is -1.09. The molecule has 1 aromatic rings. The average Bonchev–Trinajstić information content (AvgIpc) is 2.67. The van der Waals surface area contributed by atoms with E-state index in [1.165, 1.54) is 31.4 Å². The minimum atomic E-state index is -0.134. The Labute approximate surface area is 122 Å². The monoisotopic (exact) mass is 278 g/mol. The van der Waals surface area contributed by atoms with Gasteiger partial charge in [-0.05, 0) is 49.1 Å². The Morgan fingerprint density at radius 3 is 2.50 bits per heavy atom. The molecule has 0 saturated carbocycles. The molecule has 0 aliphatic carbocycles. The molecule has 1 heterocycles. The zero-order valence-electron chi connectivity index (χ0n) is 12.8. The van der Waals surface area contributed by atoms with E-state index >= 15 is 0 Å². The third-order valence-corrected chi connectivity index (χ3v) is 3.86. The second kappa shape index (κ2) is 7.63. The van der Waals surface area contributed by atoms with Crippen LogP contribution >= 0.6 is 0 Å². The average molecular weight is 278 g/mol. The highest BCUT2D eigenvalue weighted by molar-refractivity contribution is 5.54. The molecular formula is C17H27FN2. The number of benzene rings is 1. The summed E-state index contributed by atoms with van der Waals surface area (Å²) in [5, 5.41) is 3.43. The lowest BCUT2D eigenvalue weighted by Crippen LogP contribution is -2.27. The molecule has 1 N–H and O–H groups in total. The number of nitrogens with one attached hydrogen (secondary N) is 1. The first-order valence-corrected chi connectivity index (χ1v) is 7.91. The normalized spacial score (nSPS) is 16.5. The Bertz CT molecular complexity index is 409. The Morgan fingerprint density at radius 2 is 1.85 bits per heavy atom. The summed E-state index contributed by atoms with van der Waals surface area (Å²) in [7, 11) is 0. The first-order valence-electron chi connectivity index (χ1n) is 7.91. The number of nitrogens with zero attached hydrogens (tertiary/aromatic N) is 1. The Morgan fingerprint density at radius 1 is 1.15 bits per heavy atom. The van der Waals surface area contributed by atoms with E-state index in [9.17, 15) is 4.39 Å². The molecule has 2 nitrogen and oxygen atoms in total. The van der Waals surface area contributed by atoms with Crippen molar-refractivity contribution in [3.8, 4) is 0 Å². The summed E-state index contributed by atoms with van der Waals surface area (Å²) < 4.78 is 13.5. The fraction of sp³-hybridized carbons (Fsp3) is 0.647. The lowest BCUT2D eigenvalue weighted by Gasteiger charge is -2.26. The number of halogens is 1. The van der Waals surface area contributed by atoms with Gasteiger partial charge in [-0.25, -0.2) is 4.39 Å². The quantitative estimate of drug-likeness (QED) is 0.877. The van der Waals surface area contributed by atoms with Gasteiger partial charge in [0.1, 0.15) is 5.82 Å². The van der Waals surface area contributed by atoms with E-state index in [-0.39, 0.29) is 5.82 Å². The van der Waals surface area contributed by atoms with Crippen LogP contribution < -0.4 is 10.2 Å². The van der Waals surface area contributed by atoms with Crippen LogP contribution in [0.3, 0.4) is 0 Å². The zero-order chi connectivity index (χ0) is 14.4. The summed E-state index contributed by atoms with van der Waals surface area (Å²) >= 11 is 0. The minimum Gasteiger partial charge on any atom is -0.371 e. The van der Waals surface area contributed by atoms with Crippen molar-refractivity contribution < 1.29 is 4.39 Å². The molecule has 112 valence electrons. The van der Waals surface area contributed by atoms with E-state index in [0.29, 0.717) is 5.92 Å². The first kappa shape index (κ1) is 15.3. The molecule has 0 spiro atoms. The van der Waals surface area contributed by atoms with Crippen molar-refractivity contribution in [2.45, 2.75) is 46.1 Å². The molecule has 0 aromatic heterocycles. The van der Waals surface area contributed by atoms with Crippen LogP contribution in [0.4, 0.5) is 10.1 Å².